The number of hydrogen-bond donors (Lipinski definition) is 4. The summed E-state index contributed by atoms with van der Waals surface area (Å²) >= 11 is 4.84. The van der Waals surface area contributed by atoms with Gasteiger partial charge in [0, 0.05) is 19.4 Å². The highest BCUT2D eigenvalue weighted by Gasteiger charge is 2.22. The number of rotatable bonds is 5. The lowest BCUT2D eigenvalue weighted by Crippen LogP contribution is -2.46. The Hall–Kier alpha value is -2.55. The van der Waals surface area contributed by atoms with E-state index in [-0.39, 0.29) is 30.7 Å². The Kier molecular flexibility index (Phi) is 5.58. The van der Waals surface area contributed by atoms with Crippen molar-refractivity contribution in [3.8, 4) is 11.5 Å². The van der Waals surface area contributed by atoms with Gasteiger partial charge in [-0.1, -0.05) is 6.07 Å². The molecule has 0 radical (unpaired) electrons. The minimum Gasteiger partial charge on any atom is -0.481 e. The molecule has 1 atom stereocenters. The van der Waals surface area contributed by atoms with E-state index in [4.69, 9.17) is 26.8 Å². The Labute approximate surface area is 138 Å². The molecule has 0 fully saturated rings. The minimum absolute atomic E-state index is 0.00866. The molecule has 0 saturated heterocycles. The van der Waals surface area contributed by atoms with E-state index in [9.17, 15) is 9.59 Å². The number of ether oxygens (including phenoxy) is 2. The van der Waals surface area contributed by atoms with Gasteiger partial charge in [-0.25, -0.2) is 0 Å². The molecule has 4 N–H and O–H groups in total. The topological polar surface area (TPSA) is 109 Å². The van der Waals surface area contributed by atoms with Crippen molar-refractivity contribution in [1.82, 2.24) is 16.2 Å². The number of hydrogen-bond acceptors (Lipinski definition) is 5. The standard InChI is InChI=1S/C14H17N3O5S/c1-15-14(23)17-16-12(18)5-9(6-13(19)20)8-2-3-10-11(4-8)22-7-21-10/h2-4,9H,5-7H2,1H3,(H,16,18)(H,19,20)(H2,15,17,23). The van der Waals surface area contributed by atoms with Crippen molar-refractivity contribution in [3.05, 3.63) is 23.8 Å². The lowest BCUT2D eigenvalue weighted by molar-refractivity contribution is -0.137. The van der Waals surface area contributed by atoms with Crippen LogP contribution in [-0.4, -0.2) is 35.9 Å². The first-order valence-corrected chi connectivity index (χ1v) is 7.28. The summed E-state index contributed by atoms with van der Waals surface area (Å²) in [6.07, 6.45) is -0.186. The molecule has 1 amide bonds. The van der Waals surface area contributed by atoms with Crippen molar-refractivity contribution in [3.63, 3.8) is 0 Å². The zero-order valence-corrected chi connectivity index (χ0v) is 13.2. The van der Waals surface area contributed by atoms with E-state index in [1.54, 1.807) is 25.2 Å². The van der Waals surface area contributed by atoms with Crippen LogP contribution in [0.15, 0.2) is 18.2 Å². The van der Waals surface area contributed by atoms with Crippen molar-refractivity contribution in [2.75, 3.05) is 13.8 Å². The molecule has 1 aliphatic rings. The van der Waals surface area contributed by atoms with Gasteiger partial charge in [0.25, 0.3) is 0 Å². The van der Waals surface area contributed by atoms with Crippen LogP contribution in [0.4, 0.5) is 0 Å². The fourth-order valence-corrected chi connectivity index (χ4v) is 2.20. The molecule has 9 heteroatoms. The highest BCUT2D eigenvalue weighted by atomic mass is 32.1. The van der Waals surface area contributed by atoms with E-state index >= 15 is 0 Å². The number of hydrazine groups is 1. The Morgan fingerprint density at radius 2 is 2.00 bits per heavy atom. The highest BCUT2D eigenvalue weighted by molar-refractivity contribution is 7.80. The smallest absolute Gasteiger partial charge is 0.303 e. The second-order valence-corrected chi connectivity index (χ2v) is 5.27. The molecular weight excluding hydrogens is 322 g/mol. The van der Waals surface area contributed by atoms with Gasteiger partial charge in [-0.2, -0.15) is 0 Å². The summed E-state index contributed by atoms with van der Waals surface area (Å²) < 4.78 is 10.5. The largest absolute Gasteiger partial charge is 0.481 e. The molecule has 0 aromatic heterocycles. The predicted molar refractivity (Wildman–Crippen MR) is 85.1 cm³/mol. The second-order valence-electron chi connectivity index (χ2n) is 4.86. The first-order chi connectivity index (χ1) is 11.0. The Balaban J connectivity index is 2.06. The van der Waals surface area contributed by atoms with Crippen LogP contribution in [0, 0.1) is 0 Å². The average molecular weight is 339 g/mol. The molecule has 0 bridgehead atoms. The molecule has 124 valence electrons. The lowest BCUT2D eigenvalue weighted by atomic mass is 9.92. The van der Waals surface area contributed by atoms with Crippen molar-refractivity contribution in [2.45, 2.75) is 18.8 Å². The van der Waals surface area contributed by atoms with E-state index in [1.807, 2.05) is 0 Å². The Bertz CT molecular complexity index is 622. The first-order valence-electron chi connectivity index (χ1n) is 6.87. The lowest BCUT2D eigenvalue weighted by Gasteiger charge is -2.16. The van der Waals surface area contributed by atoms with Gasteiger partial charge < -0.3 is 19.9 Å². The summed E-state index contributed by atoms with van der Waals surface area (Å²) in [4.78, 5) is 23.0. The van der Waals surface area contributed by atoms with Crippen LogP contribution in [0.1, 0.15) is 24.3 Å². The molecule has 1 heterocycles. The van der Waals surface area contributed by atoms with Crippen LogP contribution in [0.5, 0.6) is 11.5 Å². The van der Waals surface area contributed by atoms with Crippen LogP contribution in [0.25, 0.3) is 0 Å². The zero-order chi connectivity index (χ0) is 16.8. The summed E-state index contributed by atoms with van der Waals surface area (Å²) in [6, 6.07) is 5.15. The third-order valence-electron chi connectivity index (χ3n) is 3.26. The van der Waals surface area contributed by atoms with Crippen molar-refractivity contribution in [1.29, 1.82) is 0 Å². The van der Waals surface area contributed by atoms with E-state index in [0.717, 1.165) is 0 Å². The van der Waals surface area contributed by atoms with Crippen molar-refractivity contribution >= 4 is 29.2 Å². The van der Waals surface area contributed by atoms with Gasteiger partial charge in [-0.15, -0.1) is 0 Å². The average Bonchev–Trinajstić information content (AvgIpc) is 2.99. The molecule has 8 nitrogen and oxygen atoms in total. The fraction of sp³-hybridized carbons (Fsp3) is 0.357. The summed E-state index contributed by atoms with van der Waals surface area (Å²) in [5, 5.41) is 12.0. The molecule has 0 spiro atoms. The SMILES string of the molecule is CNC(=S)NNC(=O)CC(CC(=O)O)c1ccc2c(c1)OCO2. The van der Waals surface area contributed by atoms with Crippen molar-refractivity contribution in [2.24, 2.45) is 0 Å². The maximum absolute atomic E-state index is 12.0. The summed E-state index contributed by atoms with van der Waals surface area (Å²) in [7, 11) is 1.61. The van der Waals surface area contributed by atoms with Gasteiger partial charge >= 0.3 is 5.97 Å². The normalized spacial score (nSPS) is 13.1. The van der Waals surface area contributed by atoms with Crippen LogP contribution in [0.3, 0.4) is 0 Å². The van der Waals surface area contributed by atoms with E-state index < -0.39 is 11.9 Å². The number of aliphatic carboxylic acids is 1. The first kappa shape index (κ1) is 16.8. The number of carboxylic acid groups (broad SMARTS) is 1. The number of nitrogens with one attached hydrogen (secondary N) is 3. The number of benzene rings is 1. The molecule has 1 aromatic carbocycles. The van der Waals surface area contributed by atoms with Gasteiger partial charge in [0.1, 0.15) is 0 Å². The predicted octanol–water partition coefficient (Wildman–Crippen LogP) is 0.489. The molecule has 23 heavy (non-hydrogen) atoms. The zero-order valence-electron chi connectivity index (χ0n) is 12.4. The number of carbonyl (C=O) groups excluding carboxylic acids is 1. The molecule has 1 aliphatic heterocycles. The highest BCUT2D eigenvalue weighted by Crippen LogP contribution is 2.36. The molecular formula is C14H17N3O5S. The molecule has 2 rings (SSSR count). The molecule has 1 unspecified atom stereocenters. The van der Waals surface area contributed by atoms with Crippen LogP contribution in [-0.2, 0) is 9.59 Å². The number of carbonyl (C=O) groups is 2. The monoisotopic (exact) mass is 339 g/mol. The van der Waals surface area contributed by atoms with Gasteiger partial charge in [0.15, 0.2) is 16.6 Å². The van der Waals surface area contributed by atoms with Crippen LogP contribution in [0.2, 0.25) is 0 Å². The molecule has 0 saturated carbocycles. The Morgan fingerprint density at radius 1 is 1.26 bits per heavy atom. The van der Waals surface area contributed by atoms with Crippen LogP contribution >= 0.6 is 12.2 Å². The summed E-state index contributed by atoms with van der Waals surface area (Å²) in [5.41, 5.74) is 5.63. The number of thiocarbonyl (C=S) groups is 1. The van der Waals surface area contributed by atoms with E-state index in [2.05, 4.69) is 16.2 Å². The van der Waals surface area contributed by atoms with Gasteiger partial charge in [0.05, 0.1) is 6.42 Å². The quantitative estimate of drug-likeness (QED) is 0.453. The second kappa shape index (κ2) is 7.63. The number of amides is 1. The Morgan fingerprint density at radius 3 is 2.70 bits per heavy atom. The summed E-state index contributed by atoms with van der Waals surface area (Å²) in [5.74, 6) is -0.696. The third kappa shape index (κ3) is 4.71. The third-order valence-corrected chi connectivity index (χ3v) is 3.57. The maximum Gasteiger partial charge on any atom is 0.303 e. The minimum atomic E-state index is -0.987. The fourth-order valence-electron chi connectivity index (χ4n) is 2.15. The number of carboxylic acids is 1. The van der Waals surface area contributed by atoms with Gasteiger partial charge in [0.2, 0.25) is 12.7 Å². The van der Waals surface area contributed by atoms with Crippen molar-refractivity contribution < 1.29 is 24.2 Å². The van der Waals surface area contributed by atoms with E-state index in [0.29, 0.717) is 17.1 Å². The van der Waals surface area contributed by atoms with Gasteiger partial charge in [-0.05, 0) is 29.9 Å². The van der Waals surface area contributed by atoms with Gasteiger partial charge in [-0.3, -0.25) is 20.4 Å². The maximum atomic E-state index is 12.0. The summed E-state index contributed by atoms with van der Waals surface area (Å²) in [6.45, 7) is 0.133. The molecule has 0 aliphatic carbocycles. The van der Waals surface area contributed by atoms with Crippen LogP contribution < -0.4 is 25.6 Å². The number of fused-ring (bicyclic) bond motifs is 1. The molecule has 1 aromatic rings. The van der Waals surface area contributed by atoms with E-state index in [1.165, 1.54) is 0 Å².